The summed E-state index contributed by atoms with van der Waals surface area (Å²) in [5, 5.41) is 0. The van der Waals surface area contributed by atoms with Gasteiger partial charge in [-0.25, -0.2) is 0 Å². The molecule has 0 bridgehead atoms. The van der Waals surface area contributed by atoms with E-state index in [1.807, 2.05) is 0 Å². The Morgan fingerprint density at radius 1 is 0.833 bits per heavy atom. The molecule has 0 heterocycles. The second-order valence-corrected chi connectivity index (χ2v) is 5.12. The molecule has 0 unspecified atom stereocenters. The molecule has 0 N–H and O–H groups in total. The van der Waals surface area contributed by atoms with Crippen LogP contribution in [-0.2, 0) is 38.1 Å². The molecule has 0 aromatic heterocycles. The first-order chi connectivity index (χ1) is 11.1. The first-order valence-electron chi connectivity index (χ1n) is 7.18. The van der Waals surface area contributed by atoms with Gasteiger partial charge in [-0.05, 0) is 11.6 Å². The number of hydrogen-bond acceptors (Lipinski definition) is 8. The number of rotatable bonds is 5. The first-order valence-corrected chi connectivity index (χ1v) is 7.18. The third-order valence-corrected chi connectivity index (χ3v) is 3.07. The molecule has 0 radical (unpaired) electrons. The summed E-state index contributed by atoms with van der Waals surface area (Å²) in [5.74, 6) is -2.60. The van der Waals surface area contributed by atoms with Crippen LogP contribution in [0.2, 0.25) is 0 Å². The van der Waals surface area contributed by atoms with Crippen LogP contribution in [0.15, 0.2) is 24.3 Å². The highest BCUT2D eigenvalue weighted by atomic mass is 16.6. The zero-order valence-electron chi connectivity index (χ0n) is 13.9. The van der Waals surface area contributed by atoms with Crippen molar-refractivity contribution in [2.24, 2.45) is 0 Å². The number of esters is 4. The SMILES string of the molecule is C=CC1=C[C@@H](OC(C)=O)[C@@H](OC(C)=O)[C@H](OC(C)=O)[C@H]1OC(C)=O. The smallest absolute Gasteiger partial charge is 0.303 e. The van der Waals surface area contributed by atoms with Gasteiger partial charge in [0.1, 0.15) is 0 Å². The van der Waals surface area contributed by atoms with E-state index in [9.17, 15) is 19.2 Å². The maximum atomic E-state index is 11.4. The topological polar surface area (TPSA) is 105 Å². The fraction of sp³-hybridized carbons (Fsp3) is 0.500. The molecule has 0 amide bonds. The molecule has 4 atom stereocenters. The quantitative estimate of drug-likeness (QED) is 0.535. The van der Waals surface area contributed by atoms with Gasteiger partial charge in [0.15, 0.2) is 24.4 Å². The largest absolute Gasteiger partial charge is 0.454 e. The van der Waals surface area contributed by atoms with Crippen molar-refractivity contribution in [3.8, 4) is 0 Å². The lowest BCUT2D eigenvalue weighted by molar-refractivity contribution is -0.194. The fourth-order valence-corrected chi connectivity index (χ4v) is 2.37. The molecule has 8 heteroatoms. The highest BCUT2D eigenvalue weighted by Gasteiger charge is 2.47. The van der Waals surface area contributed by atoms with Crippen molar-refractivity contribution in [1.29, 1.82) is 0 Å². The maximum Gasteiger partial charge on any atom is 0.303 e. The molecular weight excluding hydrogens is 320 g/mol. The van der Waals surface area contributed by atoms with Crippen molar-refractivity contribution in [2.45, 2.75) is 52.1 Å². The van der Waals surface area contributed by atoms with E-state index in [0.717, 1.165) is 13.8 Å². The molecule has 8 nitrogen and oxygen atoms in total. The van der Waals surface area contributed by atoms with Gasteiger partial charge in [-0.2, -0.15) is 0 Å². The van der Waals surface area contributed by atoms with Crippen LogP contribution in [0.3, 0.4) is 0 Å². The molecule has 0 fully saturated rings. The van der Waals surface area contributed by atoms with E-state index < -0.39 is 48.3 Å². The standard InChI is InChI=1S/C16H20O8/c1-6-12-7-13(21-8(2)17)15(23-10(4)19)16(24-11(5)20)14(12)22-9(3)18/h6-7,13-16H,1H2,2-5H3/t13-,14+,15-,16-/m1/s1. The highest BCUT2D eigenvalue weighted by molar-refractivity contribution is 5.70. The summed E-state index contributed by atoms with van der Waals surface area (Å²) in [6.07, 6.45) is -1.59. The third-order valence-electron chi connectivity index (χ3n) is 3.07. The third kappa shape index (κ3) is 5.22. The minimum absolute atomic E-state index is 0.367. The van der Waals surface area contributed by atoms with Crippen LogP contribution in [0.1, 0.15) is 27.7 Å². The van der Waals surface area contributed by atoms with E-state index in [4.69, 9.17) is 18.9 Å². The Labute approximate surface area is 139 Å². The molecule has 1 rings (SSSR count). The predicted molar refractivity (Wildman–Crippen MR) is 80.5 cm³/mol. The van der Waals surface area contributed by atoms with Gasteiger partial charge in [0, 0.05) is 27.7 Å². The molecule has 132 valence electrons. The zero-order valence-corrected chi connectivity index (χ0v) is 13.9. The predicted octanol–water partition coefficient (Wildman–Crippen LogP) is 0.839. The molecule has 24 heavy (non-hydrogen) atoms. The van der Waals surface area contributed by atoms with Gasteiger partial charge in [-0.3, -0.25) is 19.2 Å². The Hall–Kier alpha value is -2.64. The van der Waals surface area contributed by atoms with Crippen molar-refractivity contribution >= 4 is 23.9 Å². The Morgan fingerprint density at radius 3 is 1.71 bits per heavy atom. The lowest BCUT2D eigenvalue weighted by Gasteiger charge is -2.38. The first kappa shape index (κ1) is 19.4. The van der Waals surface area contributed by atoms with Crippen molar-refractivity contribution in [3.63, 3.8) is 0 Å². The van der Waals surface area contributed by atoms with Gasteiger partial charge in [-0.1, -0.05) is 12.7 Å². The summed E-state index contributed by atoms with van der Waals surface area (Å²) in [7, 11) is 0. The summed E-state index contributed by atoms with van der Waals surface area (Å²) >= 11 is 0. The molecule has 0 aromatic carbocycles. The summed E-state index contributed by atoms with van der Waals surface area (Å²) in [6, 6.07) is 0. The molecule has 0 aromatic rings. The Kier molecular flexibility index (Phi) is 6.69. The Bertz CT molecular complexity index is 577. The average Bonchev–Trinajstić information content (AvgIpc) is 2.42. The second kappa shape index (κ2) is 8.28. The van der Waals surface area contributed by atoms with Crippen molar-refractivity contribution in [1.82, 2.24) is 0 Å². The van der Waals surface area contributed by atoms with Crippen LogP contribution in [0.5, 0.6) is 0 Å². The average molecular weight is 340 g/mol. The van der Waals surface area contributed by atoms with Gasteiger partial charge in [0.05, 0.1) is 0 Å². The van der Waals surface area contributed by atoms with Crippen LogP contribution in [0, 0.1) is 0 Å². The molecule has 1 aliphatic rings. The monoisotopic (exact) mass is 340 g/mol. The summed E-state index contributed by atoms with van der Waals surface area (Å²) in [4.78, 5) is 45.5. The van der Waals surface area contributed by atoms with Crippen LogP contribution >= 0.6 is 0 Å². The maximum absolute atomic E-state index is 11.4. The molecule has 0 saturated carbocycles. The molecule has 0 spiro atoms. The number of carbonyl (C=O) groups excluding carboxylic acids is 4. The van der Waals surface area contributed by atoms with Gasteiger partial charge in [0.2, 0.25) is 0 Å². The van der Waals surface area contributed by atoms with Crippen molar-refractivity contribution in [3.05, 3.63) is 24.3 Å². The van der Waals surface area contributed by atoms with Crippen LogP contribution in [0.25, 0.3) is 0 Å². The van der Waals surface area contributed by atoms with Crippen molar-refractivity contribution in [2.75, 3.05) is 0 Å². The number of hydrogen-bond donors (Lipinski definition) is 0. The van der Waals surface area contributed by atoms with E-state index in [-0.39, 0.29) is 0 Å². The van der Waals surface area contributed by atoms with Gasteiger partial charge < -0.3 is 18.9 Å². The zero-order chi connectivity index (χ0) is 18.4. The van der Waals surface area contributed by atoms with Crippen LogP contribution in [-0.4, -0.2) is 48.3 Å². The molecule has 0 aliphatic heterocycles. The van der Waals surface area contributed by atoms with Crippen molar-refractivity contribution < 1.29 is 38.1 Å². The number of ether oxygens (including phenoxy) is 4. The normalized spacial score (nSPS) is 25.8. The summed E-state index contributed by atoms with van der Waals surface area (Å²) < 4.78 is 20.7. The Balaban J connectivity index is 3.36. The fourth-order valence-electron chi connectivity index (χ4n) is 2.37. The molecule has 1 aliphatic carbocycles. The van der Waals surface area contributed by atoms with Crippen LogP contribution < -0.4 is 0 Å². The van der Waals surface area contributed by atoms with Gasteiger partial charge in [-0.15, -0.1) is 0 Å². The van der Waals surface area contributed by atoms with E-state index in [2.05, 4.69) is 6.58 Å². The molecule has 0 saturated heterocycles. The second-order valence-electron chi connectivity index (χ2n) is 5.12. The van der Waals surface area contributed by atoms with E-state index in [0.29, 0.717) is 5.57 Å². The lowest BCUT2D eigenvalue weighted by Crippen LogP contribution is -2.54. The minimum Gasteiger partial charge on any atom is -0.454 e. The van der Waals surface area contributed by atoms with E-state index in [1.165, 1.54) is 26.0 Å². The van der Waals surface area contributed by atoms with Crippen LogP contribution in [0.4, 0.5) is 0 Å². The summed E-state index contributed by atoms with van der Waals surface area (Å²) in [6.45, 7) is 8.29. The van der Waals surface area contributed by atoms with Gasteiger partial charge in [0.25, 0.3) is 0 Å². The Morgan fingerprint density at radius 2 is 1.29 bits per heavy atom. The minimum atomic E-state index is -1.18. The van der Waals surface area contributed by atoms with E-state index >= 15 is 0 Å². The number of carbonyl (C=O) groups is 4. The molecular formula is C16H20O8. The van der Waals surface area contributed by atoms with Gasteiger partial charge >= 0.3 is 23.9 Å². The van der Waals surface area contributed by atoms with E-state index in [1.54, 1.807) is 0 Å². The lowest BCUT2D eigenvalue weighted by atomic mass is 9.88. The highest BCUT2D eigenvalue weighted by Crippen LogP contribution is 2.30. The summed E-state index contributed by atoms with van der Waals surface area (Å²) in [5.41, 5.74) is 0.367.